The first-order valence-corrected chi connectivity index (χ1v) is 5.89. The highest BCUT2D eigenvalue weighted by Crippen LogP contribution is 2.30. The van der Waals surface area contributed by atoms with Crippen LogP contribution in [0.1, 0.15) is 22.5 Å². The van der Waals surface area contributed by atoms with Crippen molar-refractivity contribution in [2.24, 2.45) is 0 Å². The van der Waals surface area contributed by atoms with Gasteiger partial charge in [0.1, 0.15) is 5.82 Å². The number of hydrogen-bond acceptors (Lipinski definition) is 2. The first-order chi connectivity index (χ1) is 9.27. The standard InChI is InChI=1S/C13H13F4N3/c1-7-12(8(2)20-19-7)18-6-9-3-10(13(15,16)17)5-11(14)4-9/h3-5,18H,6H2,1-2H3,(H,19,20). The molecule has 1 aromatic heterocycles. The highest BCUT2D eigenvalue weighted by molar-refractivity contribution is 5.51. The van der Waals surface area contributed by atoms with Crippen LogP contribution in [0.5, 0.6) is 0 Å². The van der Waals surface area contributed by atoms with E-state index in [1.807, 2.05) is 0 Å². The Morgan fingerprint density at radius 2 is 1.90 bits per heavy atom. The molecule has 2 N–H and O–H groups in total. The Hall–Kier alpha value is -2.05. The lowest BCUT2D eigenvalue weighted by molar-refractivity contribution is -0.137. The Balaban J connectivity index is 2.20. The maximum absolute atomic E-state index is 13.2. The highest BCUT2D eigenvalue weighted by atomic mass is 19.4. The van der Waals surface area contributed by atoms with Crippen molar-refractivity contribution in [1.29, 1.82) is 0 Å². The Morgan fingerprint density at radius 1 is 1.20 bits per heavy atom. The number of anilines is 1. The van der Waals surface area contributed by atoms with Crippen LogP contribution in [0.15, 0.2) is 18.2 Å². The van der Waals surface area contributed by atoms with Gasteiger partial charge >= 0.3 is 6.18 Å². The van der Waals surface area contributed by atoms with E-state index < -0.39 is 17.6 Å². The molecule has 0 aliphatic heterocycles. The summed E-state index contributed by atoms with van der Waals surface area (Å²) in [5.74, 6) is -0.905. The monoisotopic (exact) mass is 287 g/mol. The minimum Gasteiger partial charge on any atom is -0.378 e. The molecule has 0 unspecified atom stereocenters. The Kier molecular flexibility index (Phi) is 3.69. The smallest absolute Gasteiger partial charge is 0.378 e. The van der Waals surface area contributed by atoms with Crippen LogP contribution in [-0.2, 0) is 12.7 Å². The summed E-state index contributed by atoms with van der Waals surface area (Å²) < 4.78 is 51.0. The first kappa shape index (κ1) is 14.4. The van der Waals surface area contributed by atoms with Gasteiger partial charge in [-0.3, -0.25) is 5.10 Å². The molecule has 1 heterocycles. The van der Waals surface area contributed by atoms with E-state index in [0.717, 1.165) is 17.8 Å². The Morgan fingerprint density at radius 3 is 2.45 bits per heavy atom. The number of aromatic amines is 1. The van der Waals surface area contributed by atoms with Crippen LogP contribution in [0.4, 0.5) is 23.2 Å². The van der Waals surface area contributed by atoms with Gasteiger partial charge < -0.3 is 5.32 Å². The summed E-state index contributed by atoms with van der Waals surface area (Å²) in [5, 5.41) is 9.67. The van der Waals surface area contributed by atoms with Gasteiger partial charge in [0, 0.05) is 6.54 Å². The van der Waals surface area contributed by atoms with Gasteiger partial charge in [0.05, 0.1) is 22.6 Å². The van der Waals surface area contributed by atoms with Gasteiger partial charge in [0.25, 0.3) is 0 Å². The van der Waals surface area contributed by atoms with Crippen molar-refractivity contribution in [1.82, 2.24) is 10.2 Å². The summed E-state index contributed by atoms with van der Waals surface area (Å²) in [7, 11) is 0. The fraction of sp³-hybridized carbons (Fsp3) is 0.308. The van der Waals surface area contributed by atoms with Crippen molar-refractivity contribution >= 4 is 5.69 Å². The van der Waals surface area contributed by atoms with Crippen molar-refractivity contribution in [3.05, 3.63) is 46.5 Å². The third-order valence-electron chi connectivity index (χ3n) is 2.88. The molecule has 0 fully saturated rings. The third-order valence-corrected chi connectivity index (χ3v) is 2.88. The van der Waals surface area contributed by atoms with Crippen LogP contribution >= 0.6 is 0 Å². The van der Waals surface area contributed by atoms with E-state index >= 15 is 0 Å². The second-order valence-corrected chi connectivity index (χ2v) is 4.51. The molecular weight excluding hydrogens is 274 g/mol. The summed E-state index contributed by atoms with van der Waals surface area (Å²) in [6, 6.07) is 2.49. The summed E-state index contributed by atoms with van der Waals surface area (Å²) in [6.07, 6.45) is -4.56. The summed E-state index contributed by atoms with van der Waals surface area (Å²) >= 11 is 0. The molecule has 0 aliphatic carbocycles. The number of benzene rings is 1. The summed E-state index contributed by atoms with van der Waals surface area (Å²) in [5.41, 5.74) is 1.42. The molecule has 7 heteroatoms. The zero-order valence-electron chi connectivity index (χ0n) is 10.9. The average Bonchev–Trinajstić information content (AvgIpc) is 2.65. The highest BCUT2D eigenvalue weighted by Gasteiger charge is 2.31. The number of aryl methyl sites for hydroxylation is 2. The van der Waals surface area contributed by atoms with Crippen LogP contribution in [0, 0.1) is 19.7 Å². The quantitative estimate of drug-likeness (QED) is 0.843. The maximum Gasteiger partial charge on any atom is 0.416 e. The fourth-order valence-corrected chi connectivity index (χ4v) is 1.92. The van der Waals surface area contributed by atoms with Crippen LogP contribution in [0.2, 0.25) is 0 Å². The molecule has 3 nitrogen and oxygen atoms in total. The van der Waals surface area contributed by atoms with Gasteiger partial charge in [-0.2, -0.15) is 18.3 Å². The van der Waals surface area contributed by atoms with Crippen LogP contribution in [0.3, 0.4) is 0 Å². The van der Waals surface area contributed by atoms with Gasteiger partial charge in [-0.15, -0.1) is 0 Å². The second kappa shape index (κ2) is 5.15. The second-order valence-electron chi connectivity index (χ2n) is 4.51. The van der Waals surface area contributed by atoms with Gasteiger partial charge in [-0.05, 0) is 37.6 Å². The summed E-state index contributed by atoms with van der Waals surface area (Å²) in [6.45, 7) is 3.63. The molecule has 0 spiro atoms. The molecule has 0 aliphatic rings. The maximum atomic E-state index is 13.2. The Labute approximate surface area is 113 Å². The molecular formula is C13H13F4N3. The van der Waals surface area contributed by atoms with Crippen molar-refractivity contribution in [3.8, 4) is 0 Å². The fourth-order valence-electron chi connectivity index (χ4n) is 1.92. The van der Waals surface area contributed by atoms with E-state index in [9.17, 15) is 17.6 Å². The van der Waals surface area contributed by atoms with E-state index in [0.29, 0.717) is 17.4 Å². The van der Waals surface area contributed by atoms with E-state index in [-0.39, 0.29) is 12.1 Å². The number of halogens is 4. The SMILES string of the molecule is Cc1n[nH]c(C)c1NCc1cc(F)cc(C(F)(F)F)c1. The molecule has 0 bridgehead atoms. The lowest BCUT2D eigenvalue weighted by atomic mass is 10.1. The normalized spacial score (nSPS) is 11.7. The van der Waals surface area contributed by atoms with Gasteiger partial charge in [0.15, 0.2) is 0 Å². The predicted octanol–water partition coefficient (Wildman–Crippen LogP) is 3.80. The number of hydrogen-bond donors (Lipinski definition) is 2. The largest absolute Gasteiger partial charge is 0.416 e. The molecule has 108 valence electrons. The van der Waals surface area contributed by atoms with Gasteiger partial charge in [-0.25, -0.2) is 4.39 Å². The number of nitrogens with one attached hydrogen (secondary N) is 2. The Bertz CT molecular complexity index is 597. The topological polar surface area (TPSA) is 40.7 Å². The van der Waals surface area contributed by atoms with Crippen molar-refractivity contribution in [2.45, 2.75) is 26.6 Å². The molecule has 0 amide bonds. The molecule has 2 rings (SSSR count). The number of alkyl halides is 3. The number of H-pyrrole nitrogens is 1. The van der Waals surface area contributed by atoms with E-state index in [2.05, 4.69) is 15.5 Å². The first-order valence-electron chi connectivity index (χ1n) is 5.89. The molecule has 0 saturated heterocycles. The zero-order valence-corrected chi connectivity index (χ0v) is 10.9. The predicted molar refractivity (Wildman–Crippen MR) is 66.8 cm³/mol. The third kappa shape index (κ3) is 3.09. The van der Waals surface area contributed by atoms with Crippen molar-refractivity contribution < 1.29 is 17.6 Å². The van der Waals surface area contributed by atoms with E-state index in [4.69, 9.17) is 0 Å². The number of aromatic nitrogens is 2. The average molecular weight is 287 g/mol. The van der Waals surface area contributed by atoms with E-state index in [1.165, 1.54) is 0 Å². The van der Waals surface area contributed by atoms with E-state index in [1.54, 1.807) is 13.8 Å². The van der Waals surface area contributed by atoms with Crippen LogP contribution < -0.4 is 5.32 Å². The molecule has 0 atom stereocenters. The van der Waals surface area contributed by atoms with Crippen LogP contribution in [0.25, 0.3) is 0 Å². The number of nitrogens with zero attached hydrogens (tertiary/aromatic N) is 1. The minimum atomic E-state index is -4.56. The zero-order chi connectivity index (χ0) is 14.9. The van der Waals surface area contributed by atoms with Gasteiger partial charge in [-0.1, -0.05) is 0 Å². The molecule has 0 radical (unpaired) electrons. The molecule has 20 heavy (non-hydrogen) atoms. The van der Waals surface area contributed by atoms with Gasteiger partial charge in [0.2, 0.25) is 0 Å². The lowest BCUT2D eigenvalue weighted by Crippen LogP contribution is -2.08. The lowest BCUT2D eigenvalue weighted by Gasteiger charge is -2.11. The minimum absolute atomic E-state index is 0.0854. The van der Waals surface area contributed by atoms with Crippen LogP contribution in [-0.4, -0.2) is 10.2 Å². The molecule has 2 aromatic rings. The van der Waals surface area contributed by atoms with Crippen molar-refractivity contribution in [3.63, 3.8) is 0 Å². The molecule has 1 aromatic carbocycles. The molecule has 0 saturated carbocycles. The van der Waals surface area contributed by atoms with Crippen molar-refractivity contribution in [2.75, 3.05) is 5.32 Å². The number of rotatable bonds is 3. The summed E-state index contributed by atoms with van der Waals surface area (Å²) in [4.78, 5) is 0.